The lowest BCUT2D eigenvalue weighted by Gasteiger charge is -2.26. The summed E-state index contributed by atoms with van der Waals surface area (Å²) < 4.78 is 6.52. The van der Waals surface area contributed by atoms with Gasteiger partial charge in [0.05, 0.1) is 11.2 Å². The van der Waals surface area contributed by atoms with Gasteiger partial charge in [-0.15, -0.1) is 11.3 Å². The second-order valence-electron chi connectivity index (χ2n) is 7.59. The fourth-order valence-electron chi connectivity index (χ4n) is 3.59. The van der Waals surface area contributed by atoms with E-state index in [1.54, 1.807) is 60.9 Å². The minimum Gasteiger partial charge on any atom is -0.452 e. The van der Waals surface area contributed by atoms with Gasteiger partial charge in [0, 0.05) is 17.3 Å². The summed E-state index contributed by atoms with van der Waals surface area (Å²) in [5.74, 6) is -1.88. The van der Waals surface area contributed by atoms with Crippen LogP contribution in [0.1, 0.15) is 28.0 Å². The number of esters is 1. The molecule has 2 unspecified atom stereocenters. The van der Waals surface area contributed by atoms with Crippen LogP contribution >= 0.6 is 11.3 Å². The van der Waals surface area contributed by atoms with Crippen molar-refractivity contribution in [2.75, 3.05) is 4.90 Å². The number of carbonyl (C=O) groups is 2. The number of amides is 1. The number of hydrogen-bond acceptors (Lipinski definition) is 6. The molecule has 0 bridgehead atoms. The first kappa shape index (κ1) is 24.2. The minimum atomic E-state index is -1.19. The van der Waals surface area contributed by atoms with Crippen LogP contribution in [0.3, 0.4) is 0 Å². The van der Waals surface area contributed by atoms with Gasteiger partial charge in [-0.1, -0.05) is 73.3 Å². The first-order chi connectivity index (χ1) is 17.1. The Morgan fingerprint density at radius 3 is 2.20 bits per heavy atom. The Bertz CT molecular complexity index is 1280. The van der Waals surface area contributed by atoms with Crippen LogP contribution in [-0.2, 0) is 20.9 Å². The van der Waals surface area contributed by atoms with Crippen LogP contribution < -0.4 is 9.53 Å². The zero-order valence-corrected chi connectivity index (χ0v) is 20.6. The fourth-order valence-corrected chi connectivity index (χ4v) is 4.70. The van der Waals surface area contributed by atoms with Crippen LogP contribution in [0.4, 0.5) is 5.82 Å². The fraction of sp³-hybridized carbons (Fsp3) is 0.111. The number of carbonyl (C=O) groups excluding carboxylic acids is 2. The molecule has 0 saturated heterocycles. The lowest BCUT2D eigenvalue weighted by atomic mass is 9.97. The Morgan fingerprint density at radius 1 is 0.971 bits per heavy atom. The maximum Gasteiger partial charge on any atom is 0.324 e. The molecule has 1 amide bonds. The number of pyridine rings is 1. The normalized spacial score (nSPS) is 12.4. The number of nitrogens with zero attached hydrogens (tertiary/aromatic N) is 3. The van der Waals surface area contributed by atoms with Gasteiger partial charge in [0.1, 0.15) is 22.2 Å². The van der Waals surface area contributed by atoms with E-state index in [-0.39, 0.29) is 6.54 Å². The molecule has 0 spiro atoms. The summed E-state index contributed by atoms with van der Waals surface area (Å²) >= 11 is 1.41. The van der Waals surface area contributed by atoms with E-state index in [2.05, 4.69) is 26.8 Å². The third kappa shape index (κ3) is 5.98. The van der Waals surface area contributed by atoms with Gasteiger partial charge in [0.25, 0.3) is 0 Å². The molecule has 0 aliphatic rings. The van der Waals surface area contributed by atoms with E-state index in [1.165, 1.54) is 16.2 Å². The van der Waals surface area contributed by atoms with E-state index in [9.17, 15) is 9.59 Å². The predicted octanol–water partition coefficient (Wildman–Crippen LogP) is 4.12. The summed E-state index contributed by atoms with van der Waals surface area (Å²) in [5, 5.41) is 0. The predicted molar refractivity (Wildman–Crippen MR) is 138 cm³/mol. The molecule has 2 atom stereocenters. The third-order valence-corrected chi connectivity index (χ3v) is 6.49. The van der Waals surface area contributed by atoms with Gasteiger partial charge < -0.3 is 4.74 Å². The summed E-state index contributed by atoms with van der Waals surface area (Å²) in [5.41, 5.74) is 1.30. The van der Waals surface area contributed by atoms with Gasteiger partial charge in [-0.2, -0.15) is 0 Å². The molecule has 4 rings (SSSR count). The standard InChI is InChI=1S/C27H22N3O3SSi/c1-2-22(19-11-5-3-6-12-19)33-26(32)24(20-13-7-4-8-14-20)25(31)30(23-15-9-10-16-28-23)18-21-17-29-27(35)34-21/h2-17,22,24H,1,18H2. The molecule has 35 heavy (non-hydrogen) atoms. The van der Waals surface area contributed by atoms with E-state index in [1.807, 2.05) is 36.4 Å². The number of rotatable bonds is 9. The molecule has 0 aliphatic heterocycles. The van der Waals surface area contributed by atoms with E-state index in [4.69, 9.17) is 4.74 Å². The lowest BCUT2D eigenvalue weighted by Crippen LogP contribution is -2.39. The van der Waals surface area contributed by atoms with Crippen molar-refractivity contribution in [3.63, 3.8) is 0 Å². The van der Waals surface area contributed by atoms with E-state index in [0.717, 1.165) is 10.4 Å². The summed E-state index contributed by atoms with van der Waals surface area (Å²) in [7, 11) is 3.42. The highest BCUT2D eigenvalue weighted by molar-refractivity contribution is 7.19. The largest absolute Gasteiger partial charge is 0.452 e. The number of benzene rings is 2. The Hall–Kier alpha value is -3.88. The van der Waals surface area contributed by atoms with Crippen molar-refractivity contribution in [2.24, 2.45) is 0 Å². The van der Waals surface area contributed by atoms with Crippen LogP contribution in [0.25, 0.3) is 0 Å². The molecule has 0 saturated carbocycles. The summed E-state index contributed by atoms with van der Waals surface area (Å²) in [6, 6.07) is 23.5. The number of aromatic nitrogens is 2. The molecule has 173 valence electrons. The monoisotopic (exact) mass is 496 g/mol. The maximum absolute atomic E-state index is 14.0. The number of thiazole rings is 1. The Labute approximate surface area is 211 Å². The van der Waals surface area contributed by atoms with Gasteiger partial charge in [0.15, 0.2) is 5.92 Å². The van der Waals surface area contributed by atoms with Crippen molar-refractivity contribution in [3.05, 3.63) is 120 Å². The molecule has 0 fully saturated rings. The molecule has 4 aromatic rings. The van der Waals surface area contributed by atoms with Crippen molar-refractivity contribution in [1.29, 1.82) is 0 Å². The second-order valence-corrected chi connectivity index (χ2v) is 9.54. The highest BCUT2D eigenvalue weighted by Crippen LogP contribution is 2.28. The van der Waals surface area contributed by atoms with E-state index < -0.39 is 23.9 Å². The van der Waals surface area contributed by atoms with E-state index in [0.29, 0.717) is 16.0 Å². The van der Waals surface area contributed by atoms with Crippen LogP contribution in [0.5, 0.6) is 0 Å². The third-order valence-electron chi connectivity index (χ3n) is 5.26. The van der Waals surface area contributed by atoms with Gasteiger partial charge >= 0.3 is 5.97 Å². The second kappa shape index (κ2) is 11.5. The Balaban J connectivity index is 1.70. The molecule has 8 heteroatoms. The van der Waals surface area contributed by atoms with Crippen molar-refractivity contribution in [1.82, 2.24) is 9.97 Å². The molecule has 3 radical (unpaired) electrons. The van der Waals surface area contributed by atoms with Crippen LogP contribution in [0, 0.1) is 0 Å². The van der Waals surface area contributed by atoms with Gasteiger partial charge in [-0.05, 0) is 29.3 Å². The molecule has 2 heterocycles. The van der Waals surface area contributed by atoms with Crippen molar-refractivity contribution in [3.8, 4) is 0 Å². The zero-order chi connectivity index (χ0) is 24.6. The molecule has 0 N–H and O–H groups in total. The van der Waals surface area contributed by atoms with Gasteiger partial charge in [0.2, 0.25) is 5.91 Å². The van der Waals surface area contributed by atoms with Crippen molar-refractivity contribution < 1.29 is 14.3 Å². The topological polar surface area (TPSA) is 72.4 Å². The first-order valence-electron chi connectivity index (χ1n) is 10.9. The lowest BCUT2D eigenvalue weighted by molar-refractivity contribution is -0.151. The summed E-state index contributed by atoms with van der Waals surface area (Å²) in [6.45, 7) is 4.02. The highest BCUT2D eigenvalue weighted by Gasteiger charge is 2.36. The molecule has 2 aromatic carbocycles. The van der Waals surface area contributed by atoms with Gasteiger partial charge in [-0.25, -0.2) is 4.98 Å². The van der Waals surface area contributed by atoms with Crippen molar-refractivity contribution in [2.45, 2.75) is 18.6 Å². The maximum atomic E-state index is 14.0. The van der Waals surface area contributed by atoms with Crippen LogP contribution in [-0.4, -0.2) is 32.1 Å². The minimum absolute atomic E-state index is 0.207. The van der Waals surface area contributed by atoms with E-state index >= 15 is 0 Å². The van der Waals surface area contributed by atoms with Crippen LogP contribution in [0.15, 0.2) is 104 Å². The quantitative estimate of drug-likeness (QED) is 0.151. The summed E-state index contributed by atoms with van der Waals surface area (Å²) in [4.78, 5) is 38.5. The summed E-state index contributed by atoms with van der Waals surface area (Å²) in [6.07, 6.45) is 4.15. The van der Waals surface area contributed by atoms with Crippen LogP contribution in [0.2, 0.25) is 0 Å². The number of anilines is 1. The zero-order valence-electron chi connectivity index (χ0n) is 18.8. The molecular formula is C27H22N3O3SSi. The molecule has 2 aromatic heterocycles. The highest BCUT2D eigenvalue weighted by atomic mass is 32.1. The SMILES string of the molecule is C=CC(OC(=O)C(C(=O)N(Cc1cnc([Si])s1)c1ccccn1)c1ccccc1)c1ccccc1. The van der Waals surface area contributed by atoms with Gasteiger partial charge in [-0.3, -0.25) is 19.5 Å². The number of hydrogen-bond donors (Lipinski definition) is 0. The average molecular weight is 497 g/mol. The average Bonchev–Trinajstić information content (AvgIpc) is 3.32. The Morgan fingerprint density at radius 2 is 1.63 bits per heavy atom. The van der Waals surface area contributed by atoms with Crippen molar-refractivity contribution >= 4 is 43.9 Å². The molecular weight excluding hydrogens is 474 g/mol. The smallest absolute Gasteiger partial charge is 0.324 e. The Kier molecular flexibility index (Phi) is 7.97. The molecule has 0 aliphatic carbocycles. The number of ether oxygens (including phenoxy) is 1. The molecule has 6 nitrogen and oxygen atoms in total. The first-order valence-corrected chi connectivity index (χ1v) is 12.2.